The molecule has 0 aromatic carbocycles. The number of hydrogen-bond acceptors (Lipinski definition) is 1. The molecule has 1 N–H and O–H groups in total. The second-order valence-electron chi connectivity index (χ2n) is 1.46. The molecule has 7 heavy (non-hydrogen) atoms. The van der Waals surface area contributed by atoms with Crippen molar-refractivity contribution in [3.63, 3.8) is 0 Å². The molecule has 0 unspecified atom stereocenters. The zero-order valence-electron chi connectivity index (χ0n) is 4.43. The van der Waals surface area contributed by atoms with Crippen molar-refractivity contribution >= 4 is 0 Å². The maximum Gasteiger partial charge on any atom is 0.0431 e. The van der Waals surface area contributed by atoms with Crippen molar-refractivity contribution in [2.24, 2.45) is 0 Å². The van der Waals surface area contributed by atoms with Crippen LogP contribution >= 0.6 is 0 Å². The lowest BCUT2D eigenvalue weighted by Gasteiger charge is -1.87. The first kappa shape index (κ1) is 6.70. The Morgan fingerprint density at radius 2 is 2.14 bits per heavy atom. The average Bonchev–Trinajstić information content (AvgIpc) is 1.69. The molecule has 0 aliphatic rings. The molecule has 0 aliphatic carbocycles. The summed E-state index contributed by atoms with van der Waals surface area (Å²) in [5.41, 5.74) is 0. The van der Waals surface area contributed by atoms with Gasteiger partial charge in [0, 0.05) is 6.61 Å². The van der Waals surface area contributed by atoms with E-state index in [1.807, 2.05) is 0 Å². The molecule has 0 aliphatic heterocycles. The SMILES string of the molecule is [CH]=CCCCCO. The van der Waals surface area contributed by atoms with Crippen LogP contribution in [0.1, 0.15) is 19.3 Å². The van der Waals surface area contributed by atoms with Crippen LogP contribution in [0.25, 0.3) is 0 Å². The van der Waals surface area contributed by atoms with Crippen molar-refractivity contribution in [1.82, 2.24) is 0 Å². The summed E-state index contributed by atoms with van der Waals surface area (Å²) < 4.78 is 0. The quantitative estimate of drug-likeness (QED) is 0.524. The molecule has 0 aromatic rings. The van der Waals surface area contributed by atoms with Gasteiger partial charge in [-0.1, -0.05) is 12.7 Å². The summed E-state index contributed by atoms with van der Waals surface area (Å²) in [5.74, 6) is 0. The fourth-order valence-electron chi connectivity index (χ4n) is 0.374. The minimum Gasteiger partial charge on any atom is -0.396 e. The molecule has 0 fully saturated rings. The highest BCUT2D eigenvalue weighted by Crippen LogP contribution is 1.92. The number of allylic oxidation sites excluding steroid dienone is 1. The largest absolute Gasteiger partial charge is 0.396 e. The van der Waals surface area contributed by atoms with Gasteiger partial charge in [-0.25, -0.2) is 0 Å². The second kappa shape index (κ2) is 5.70. The fourth-order valence-corrected chi connectivity index (χ4v) is 0.374. The van der Waals surface area contributed by atoms with Gasteiger partial charge in [0.25, 0.3) is 0 Å². The van der Waals surface area contributed by atoms with Crippen molar-refractivity contribution in [3.05, 3.63) is 12.7 Å². The molecule has 1 radical (unpaired) electrons. The summed E-state index contributed by atoms with van der Waals surface area (Å²) in [7, 11) is 0. The van der Waals surface area contributed by atoms with Crippen LogP contribution in [0.15, 0.2) is 6.08 Å². The van der Waals surface area contributed by atoms with E-state index in [0.29, 0.717) is 0 Å². The van der Waals surface area contributed by atoms with Gasteiger partial charge in [-0.3, -0.25) is 0 Å². The normalized spacial score (nSPS) is 8.71. The predicted molar refractivity (Wildman–Crippen MR) is 29.8 cm³/mol. The van der Waals surface area contributed by atoms with Crippen LogP contribution in [-0.2, 0) is 0 Å². The standard InChI is InChI=1S/C6H11O/c1-2-3-4-5-6-7/h1-2,7H,3-6H2. The maximum atomic E-state index is 8.24. The van der Waals surface area contributed by atoms with E-state index in [1.54, 1.807) is 6.08 Å². The van der Waals surface area contributed by atoms with Gasteiger partial charge in [-0.2, -0.15) is 0 Å². The van der Waals surface area contributed by atoms with Crippen LogP contribution in [0.2, 0.25) is 0 Å². The Morgan fingerprint density at radius 3 is 2.57 bits per heavy atom. The smallest absolute Gasteiger partial charge is 0.0431 e. The third kappa shape index (κ3) is 5.70. The van der Waals surface area contributed by atoms with E-state index in [1.165, 1.54) is 0 Å². The van der Waals surface area contributed by atoms with Crippen LogP contribution in [0.5, 0.6) is 0 Å². The molecule has 0 aromatic heterocycles. The topological polar surface area (TPSA) is 20.2 Å². The number of hydrogen-bond donors (Lipinski definition) is 1. The highest BCUT2D eigenvalue weighted by Gasteiger charge is 1.78. The summed E-state index contributed by atoms with van der Waals surface area (Å²) in [6.07, 6.45) is 4.41. The van der Waals surface area contributed by atoms with Gasteiger partial charge in [0.2, 0.25) is 0 Å². The molecule has 1 nitrogen and oxygen atoms in total. The van der Waals surface area contributed by atoms with Crippen molar-refractivity contribution in [2.45, 2.75) is 19.3 Å². The van der Waals surface area contributed by atoms with Crippen LogP contribution in [0, 0.1) is 6.58 Å². The Kier molecular flexibility index (Phi) is 5.46. The molecular formula is C6H11O. The van der Waals surface area contributed by atoms with E-state index >= 15 is 0 Å². The second-order valence-corrected chi connectivity index (χ2v) is 1.46. The lowest BCUT2D eigenvalue weighted by molar-refractivity contribution is 0.285. The van der Waals surface area contributed by atoms with E-state index in [4.69, 9.17) is 11.7 Å². The summed E-state index contributed by atoms with van der Waals surface area (Å²) >= 11 is 0. The summed E-state index contributed by atoms with van der Waals surface area (Å²) in [6.45, 7) is 5.35. The van der Waals surface area contributed by atoms with Gasteiger partial charge in [0.05, 0.1) is 0 Å². The van der Waals surface area contributed by atoms with Crippen molar-refractivity contribution in [2.75, 3.05) is 6.61 Å². The first-order valence-electron chi connectivity index (χ1n) is 2.56. The molecule has 0 saturated carbocycles. The van der Waals surface area contributed by atoms with E-state index < -0.39 is 0 Å². The van der Waals surface area contributed by atoms with Gasteiger partial charge < -0.3 is 5.11 Å². The first-order chi connectivity index (χ1) is 3.41. The minimum absolute atomic E-state index is 0.286. The average molecular weight is 99.2 g/mol. The zero-order valence-corrected chi connectivity index (χ0v) is 4.43. The number of rotatable bonds is 4. The van der Waals surface area contributed by atoms with E-state index in [2.05, 4.69) is 0 Å². The molecule has 0 rings (SSSR count). The Labute approximate surface area is 44.7 Å². The molecule has 41 valence electrons. The summed E-state index contributed by atoms with van der Waals surface area (Å²) in [5, 5.41) is 8.24. The lowest BCUT2D eigenvalue weighted by Crippen LogP contribution is -1.79. The highest BCUT2D eigenvalue weighted by molar-refractivity contribution is 4.60. The van der Waals surface area contributed by atoms with Crippen molar-refractivity contribution in [3.8, 4) is 0 Å². The van der Waals surface area contributed by atoms with Gasteiger partial charge in [-0.15, -0.1) is 0 Å². The maximum absolute atomic E-state index is 8.24. The monoisotopic (exact) mass is 99.1 g/mol. The lowest BCUT2D eigenvalue weighted by atomic mass is 10.2. The van der Waals surface area contributed by atoms with Crippen LogP contribution in [0.4, 0.5) is 0 Å². The van der Waals surface area contributed by atoms with E-state index in [0.717, 1.165) is 19.3 Å². The third-order valence-corrected chi connectivity index (χ3v) is 0.779. The van der Waals surface area contributed by atoms with Crippen LogP contribution in [0.3, 0.4) is 0 Å². The Bertz CT molecular complexity index is 41.4. The Balaban J connectivity index is 2.56. The van der Waals surface area contributed by atoms with Crippen LogP contribution in [-0.4, -0.2) is 11.7 Å². The molecule has 0 heterocycles. The molecule has 1 heteroatoms. The zero-order chi connectivity index (χ0) is 5.54. The fraction of sp³-hybridized carbons (Fsp3) is 0.667. The third-order valence-electron chi connectivity index (χ3n) is 0.779. The first-order valence-corrected chi connectivity index (χ1v) is 2.56. The van der Waals surface area contributed by atoms with Gasteiger partial charge in [0.1, 0.15) is 0 Å². The van der Waals surface area contributed by atoms with Gasteiger partial charge >= 0.3 is 0 Å². The van der Waals surface area contributed by atoms with Crippen molar-refractivity contribution < 1.29 is 5.11 Å². The number of aliphatic hydroxyl groups is 1. The van der Waals surface area contributed by atoms with Gasteiger partial charge in [0.15, 0.2) is 0 Å². The minimum atomic E-state index is 0.286. The molecule has 0 amide bonds. The Hall–Kier alpha value is -0.300. The molecule has 0 saturated heterocycles. The highest BCUT2D eigenvalue weighted by atomic mass is 16.2. The predicted octanol–water partition coefficient (Wildman–Crippen LogP) is 1.14. The van der Waals surface area contributed by atoms with E-state index in [9.17, 15) is 0 Å². The van der Waals surface area contributed by atoms with Crippen LogP contribution < -0.4 is 0 Å². The number of aliphatic hydroxyl groups excluding tert-OH is 1. The summed E-state index contributed by atoms with van der Waals surface area (Å²) in [4.78, 5) is 0. The van der Waals surface area contributed by atoms with E-state index in [-0.39, 0.29) is 6.61 Å². The molecule has 0 spiro atoms. The molecule has 0 bridgehead atoms. The molecular weight excluding hydrogens is 88.1 g/mol. The number of unbranched alkanes of at least 4 members (excludes halogenated alkanes) is 2. The summed E-state index contributed by atoms with van der Waals surface area (Å²) in [6, 6.07) is 0. The molecule has 0 atom stereocenters. The van der Waals surface area contributed by atoms with Gasteiger partial charge in [-0.05, 0) is 19.3 Å². The Morgan fingerprint density at radius 1 is 1.43 bits per heavy atom. The van der Waals surface area contributed by atoms with Crippen molar-refractivity contribution in [1.29, 1.82) is 0 Å².